The minimum absolute atomic E-state index is 0.0764. The predicted octanol–water partition coefficient (Wildman–Crippen LogP) is 4.35. The normalized spacial score (nSPS) is 10.2. The topological polar surface area (TPSA) is 93.5 Å². The Kier molecular flexibility index (Phi) is 6.36. The van der Waals surface area contributed by atoms with Gasteiger partial charge in [-0.25, -0.2) is 0 Å². The molecule has 2 rings (SSSR count). The van der Waals surface area contributed by atoms with E-state index in [2.05, 4.69) is 10.6 Å². The molecule has 0 aliphatic carbocycles. The van der Waals surface area contributed by atoms with Gasteiger partial charge < -0.3 is 10.1 Å². The van der Waals surface area contributed by atoms with Crippen molar-refractivity contribution < 1.29 is 14.5 Å². The number of carbonyl (C=O) groups excluding carboxylic acids is 1. The highest BCUT2D eigenvalue weighted by Crippen LogP contribution is 2.32. The highest BCUT2D eigenvalue weighted by molar-refractivity contribution is 7.80. The Morgan fingerprint density at radius 2 is 1.96 bits per heavy atom. The summed E-state index contributed by atoms with van der Waals surface area (Å²) in [6.45, 7) is 1.73. The maximum atomic E-state index is 12.4. The third kappa shape index (κ3) is 4.60. The van der Waals surface area contributed by atoms with Crippen molar-refractivity contribution >= 4 is 57.8 Å². The Labute approximate surface area is 164 Å². The van der Waals surface area contributed by atoms with Crippen molar-refractivity contribution in [3.63, 3.8) is 0 Å². The molecule has 0 aliphatic heterocycles. The van der Waals surface area contributed by atoms with E-state index in [0.717, 1.165) is 5.56 Å². The fourth-order valence-corrected chi connectivity index (χ4v) is 2.93. The number of nitrogens with one attached hydrogen (secondary N) is 2. The number of hydrogen-bond donors (Lipinski definition) is 2. The van der Waals surface area contributed by atoms with Crippen LogP contribution in [0.3, 0.4) is 0 Å². The fourth-order valence-electron chi connectivity index (χ4n) is 2.16. The first-order chi connectivity index (χ1) is 12.2. The summed E-state index contributed by atoms with van der Waals surface area (Å²) < 4.78 is 5.11. The zero-order valence-corrected chi connectivity index (χ0v) is 16.0. The lowest BCUT2D eigenvalue weighted by Gasteiger charge is -2.13. The van der Waals surface area contributed by atoms with Crippen LogP contribution in [0.2, 0.25) is 10.0 Å². The SMILES string of the molecule is COc1c(Cl)cc(Cl)cc1C(=O)NC(=S)Nc1ccc(C)cc1[N+](=O)[O-]. The molecule has 2 aromatic carbocycles. The van der Waals surface area contributed by atoms with Gasteiger partial charge in [-0.2, -0.15) is 0 Å². The van der Waals surface area contributed by atoms with Crippen LogP contribution < -0.4 is 15.4 Å². The molecule has 7 nitrogen and oxygen atoms in total. The molecule has 0 aromatic heterocycles. The summed E-state index contributed by atoms with van der Waals surface area (Å²) >= 11 is 17.0. The molecule has 0 spiro atoms. The summed E-state index contributed by atoms with van der Waals surface area (Å²) in [6.07, 6.45) is 0. The van der Waals surface area contributed by atoms with Gasteiger partial charge in [0.05, 0.1) is 22.6 Å². The number of carbonyl (C=O) groups is 1. The largest absolute Gasteiger partial charge is 0.494 e. The smallest absolute Gasteiger partial charge is 0.292 e. The zero-order valence-electron chi connectivity index (χ0n) is 13.6. The Morgan fingerprint density at radius 1 is 1.27 bits per heavy atom. The number of halogens is 2. The van der Waals surface area contributed by atoms with Crippen molar-refractivity contribution in [1.29, 1.82) is 0 Å². The van der Waals surface area contributed by atoms with Crippen LogP contribution in [-0.4, -0.2) is 23.1 Å². The molecule has 0 heterocycles. The molecular formula is C16H13Cl2N3O4S. The van der Waals surface area contributed by atoms with Crippen LogP contribution >= 0.6 is 35.4 Å². The Hall–Kier alpha value is -2.42. The van der Waals surface area contributed by atoms with Gasteiger partial charge in [0, 0.05) is 11.1 Å². The molecule has 0 unspecified atom stereocenters. The van der Waals surface area contributed by atoms with Crippen molar-refractivity contribution in [3.8, 4) is 5.75 Å². The summed E-state index contributed by atoms with van der Waals surface area (Å²) in [4.78, 5) is 23.0. The van der Waals surface area contributed by atoms with Crippen molar-refractivity contribution in [3.05, 3.63) is 61.6 Å². The van der Waals surface area contributed by atoms with E-state index in [4.69, 9.17) is 40.2 Å². The van der Waals surface area contributed by atoms with Crippen LogP contribution in [0.25, 0.3) is 0 Å². The van der Waals surface area contributed by atoms with Crippen molar-refractivity contribution in [2.24, 2.45) is 0 Å². The highest BCUT2D eigenvalue weighted by atomic mass is 35.5. The van der Waals surface area contributed by atoms with E-state index in [1.54, 1.807) is 13.0 Å². The maximum absolute atomic E-state index is 12.4. The quantitative estimate of drug-likeness (QED) is 0.439. The zero-order chi connectivity index (χ0) is 19.4. The number of hydrogen-bond acceptors (Lipinski definition) is 5. The van der Waals surface area contributed by atoms with Gasteiger partial charge >= 0.3 is 0 Å². The summed E-state index contributed by atoms with van der Waals surface area (Å²) in [5, 5.41) is 16.5. The number of thiocarbonyl (C=S) groups is 1. The van der Waals surface area contributed by atoms with Crippen LogP contribution in [0.5, 0.6) is 5.75 Å². The Bertz CT molecular complexity index is 905. The van der Waals surface area contributed by atoms with E-state index in [1.807, 2.05) is 0 Å². The summed E-state index contributed by atoms with van der Waals surface area (Å²) in [5.41, 5.74) is 0.787. The fraction of sp³-hybridized carbons (Fsp3) is 0.125. The number of nitro benzene ring substituents is 1. The van der Waals surface area contributed by atoms with E-state index in [-0.39, 0.29) is 37.8 Å². The third-order valence-corrected chi connectivity index (χ3v) is 3.99. The van der Waals surface area contributed by atoms with Crippen LogP contribution in [-0.2, 0) is 0 Å². The standard InChI is InChI=1S/C16H13Cl2N3O4S/c1-8-3-4-12(13(5-8)21(23)24)19-16(26)20-15(22)10-6-9(17)7-11(18)14(10)25-2/h3-7H,1-2H3,(H2,19,20,22,26). The van der Waals surface area contributed by atoms with E-state index in [9.17, 15) is 14.9 Å². The van der Waals surface area contributed by atoms with Crippen molar-refractivity contribution in [1.82, 2.24) is 5.32 Å². The van der Waals surface area contributed by atoms with Gasteiger partial charge in [0.1, 0.15) is 11.4 Å². The van der Waals surface area contributed by atoms with Gasteiger partial charge in [0.2, 0.25) is 0 Å². The molecule has 0 aliphatic rings. The van der Waals surface area contributed by atoms with Crippen LogP contribution in [0.15, 0.2) is 30.3 Å². The van der Waals surface area contributed by atoms with Gasteiger partial charge in [-0.15, -0.1) is 0 Å². The number of aryl methyl sites for hydroxylation is 1. The average Bonchev–Trinajstić information content (AvgIpc) is 2.55. The summed E-state index contributed by atoms with van der Waals surface area (Å²) in [7, 11) is 1.36. The number of benzene rings is 2. The lowest BCUT2D eigenvalue weighted by Crippen LogP contribution is -2.34. The van der Waals surface area contributed by atoms with Crippen LogP contribution in [0.1, 0.15) is 15.9 Å². The molecule has 2 aromatic rings. The number of nitrogens with zero attached hydrogens (tertiary/aromatic N) is 1. The van der Waals surface area contributed by atoms with Crippen LogP contribution in [0, 0.1) is 17.0 Å². The summed E-state index contributed by atoms with van der Waals surface area (Å²) in [6, 6.07) is 7.39. The molecule has 0 saturated heterocycles. The van der Waals surface area contributed by atoms with Gasteiger partial charge in [0.15, 0.2) is 5.11 Å². The van der Waals surface area contributed by atoms with Gasteiger partial charge in [0.25, 0.3) is 11.6 Å². The molecule has 10 heteroatoms. The number of rotatable bonds is 4. The van der Waals surface area contributed by atoms with Crippen molar-refractivity contribution in [2.45, 2.75) is 6.92 Å². The first-order valence-corrected chi connectivity index (χ1v) is 8.29. The average molecular weight is 414 g/mol. The number of methoxy groups -OCH3 is 1. The molecular weight excluding hydrogens is 401 g/mol. The monoisotopic (exact) mass is 413 g/mol. The van der Waals surface area contributed by atoms with E-state index in [1.165, 1.54) is 31.4 Å². The number of anilines is 1. The lowest BCUT2D eigenvalue weighted by atomic mass is 10.2. The van der Waals surface area contributed by atoms with E-state index < -0.39 is 10.8 Å². The molecule has 0 fully saturated rings. The second kappa shape index (κ2) is 8.31. The summed E-state index contributed by atoms with van der Waals surface area (Å²) in [5.74, 6) is -0.490. The molecule has 0 saturated carbocycles. The minimum atomic E-state index is -0.626. The van der Waals surface area contributed by atoms with Crippen LogP contribution in [0.4, 0.5) is 11.4 Å². The minimum Gasteiger partial charge on any atom is -0.494 e. The first-order valence-electron chi connectivity index (χ1n) is 7.13. The molecule has 136 valence electrons. The molecule has 1 amide bonds. The molecule has 0 bridgehead atoms. The second-order valence-electron chi connectivity index (χ2n) is 5.15. The molecule has 0 atom stereocenters. The predicted molar refractivity (Wildman–Crippen MR) is 105 cm³/mol. The molecule has 26 heavy (non-hydrogen) atoms. The highest BCUT2D eigenvalue weighted by Gasteiger charge is 2.19. The first kappa shape index (κ1) is 19.9. The second-order valence-corrected chi connectivity index (χ2v) is 6.41. The Morgan fingerprint density at radius 3 is 2.58 bits per heavy atom. The molecule has 0 radical (unpaired) electrons. The maximum Gasteiger partial charge on any atom is 0.292 e. The number of ether oxygens (including phenoxy) is 1. The van der Waals surface area contributed by atoms with Gasteiger partial charge in [-0.1, -0.05) is 29.3 Å². The van der Waals surface area contributed by atoms with E-state index >= 15 is 0 Å². The van der Waals surface area contributed by atoms with Crippen molar-refractivity contribution in [2.75, 3.05) is 12.4 Å². The van der Waals surface area contributed by atoms with Gasteiger partial charge in [-0.05, 0) is 42.9 Å². The molecule has 2 N–H and O–H groups in total. The third-order valence-electron chi connectivity index (χ3n) is 3.28. The lowest BCUT2D eigenvalue weighted by molar-refractivity contribution is -0.383. The van der Waals surface area contributed by atoms with Gasteiger partial charge in [-0.3, -0.25) is 20.2 Å². The number of amides is 1. The Balaban J connectivity index is 2.22. The van der Waals surface area contributed by atoms with E-state index in [0.29, 0.717) is 0 Å². The number of nitro groups is 1.